The first-order chi connectivity index (χ1) is 12.4. The lowest BCUT2D eigenvalue weighted by molar-refractivity contribution is 0.580. The Labute approximate surface area is 157 Å². The predicted octanol–water partition coefficient (Wildman–Crippen LogP) is 8.05. The molecule has 0 N–H and O–H groups in total. The third kappa shape index (κ3) is 14.9. The van der Waals surface area contributed by atoms with Crippen molar-refractivity contribution in [2.24, 2.45) is 0 Å². The van der Waals surface area contributed by atoms with E-state index in [0.29, 0.717) is 0 Å². The molecule has 1 aromatic rings. The number of hydrogen-bond donors (Lipinski definition) is 0. The van der Waals surface area contributed by atoms with E-state index in [4.69, 9.17) is 0 Å². The molecule has 0 unspecified atom stereocenters. The average Bonchev–Trinajstić information content (AvgIpc) is 2.65. The van der Waals surface area contributed by atoms with Crippen LogP contribution in [0.25, 0.3) is 0 Å². The maximum Gasteiger partial charge on any atom is 0.0270 e. The molecule has 142 valence electrons. The molecule has 25 heavy (non-hydrogen) atoms. The fourth-order valence-electron chi connectivity index (χ4n) is 3.30. The summed E-state index contributed by atoms with van der Waals surface area (Å²) in [5, 5.41) is 0. The molecule has 0 atom stereocenters. The Hall–Kier alpha value is -1.11. The van der Waals surface area contributed by atoms with Crippen LogP contribution in [0, 0.1) is 0 Å². The predicted molar refractivity (Wildman–Crippen MR) is 112 cm³/mol. The molecular weight excluding hydrogens is 302 g/mol. The second-order valence-corrected chi connectivity index (χ2v) is 7.40. The highest BCUT2D eigenvalue weighted by molar-refractivity contribution is 5.09. The largest absolute Gasteiger partial charge is 0.265 e. The van der Waals surface area contributed by atoms with E-state index >= 15 is 0 Å². The van der Waals surface area contributed by atoms with Gasteiger partial charge in [0.1, 0.15) is 0 Å². The summed E-state index contributed by atoms with van der Waals surface area (Å²) in [4.78, 5) is 4.07. The van der Waals surface area contributed by atoms with Crippen molar-refractivity contribution in [2.45, 2.75) is 110 Å². The monoisotopic (exact) mass is 343 g/mol. The minimum absolute atomic E-state index is 1.21. The Morgan fingerprint density at radius 3 is 1.68 bits per heavy atom. The van der Waals surface area contributed by atoms with Gasteiger partial charge in [-0.1, -0.05) is 83.3 Å². The Morgan fingerprint density at radius 1 is 0.640 bits per heavy atom. The van der Waals surface area contributed by atoms with Crippen molar-refractivity contribution in [3.05, 3.63) is 42.2 Å². The highest BCUT2D eigenvalue weighted by Gasteiger charge is 1.94. The molecule has 0 aliphatic carbocycles. The van der Waals surface area contributed by atoms with Crippen LogP contribution in [0.5, 0.6) is 0 Å². The summed E-state index contributed by atoms with van der Waals surface area (Å²) in [6, 6.07) is 4.28. The lowest BCUT2D eigenvalue weighted by atomic mass is 10.0. The third-order valence-corrected chi connectivity index (χ3v) is 4.98. The molecule has 1 rings (SSSR count). The zero-order valence-corrected chi connectivity index (χ0v) is 16.7. The molecule has 0 fully saturated rings. The van der Waals surface area contributed by atoms with E-state index < -0.39 is 0 Å². The summed E-state index contributed by atoms with van der Waals surface area (Å²) in [6.07, 6.45) is 30.6. The zero-order chi connectivity index (χ0) is 17.8. The van der Waals surface area contributed by atoms with Crippen molar-refractivity contribution in [3.8, 4) is 0 Å². The first kappa shape index (κ1) is 21.9. The summed E-state index contributed by atoms with van der Waals surface area (Å²) in [5.41, 5.74) is 1.43. The SMILES string of the molecule is CCCCCCCC/C=C/CCCCCCCCCc1ccncc1. The van der Waals surface area contributed by atoms with E-state index in [9.17, 15) is 0 Å². The molecule has 1 nitrogen and oxygen atoms in total. The smallest absolute Gasteiger partial charge is 0.0270 e. The van der Waals surface area contributed by atoms with E-state index in [1.165, 1.54) is 108 Å². The highest BCUT2D eigenvalue weighted by Crippen LogP contribution is 2.12. The second-order valence-electron chi connectivity index (χ2n) is 7.40. The third-order valence-electron chi connectivity index (χ3n) is 4.98. The lowest BCUT2D eigenvalue weighted by Gasteiger charge is -2.02. The highest BCUT2D eigenvalue weighted by atomic mass is 14.6. The molecule has 0 saturated carbocycles. The van der Waals surface area contributed by atoms with Gasteiger partial charge in [-0.15, -0.1) is 0 Å². The number of rotatable bonds is 17. The van der Waals surface area contributed by atoms with Gasteiger partial charge in [-0.2, -0.15) is 0 Å². The van der Waals surface area contributed by atoms with E-state index in [2.05, 4.69) is 36.2 Å². The van der Waals surface area contributed by atoms with Gasteiger partial charge in [-0.3, -0.25) is 4.98 Å². The number of aryl methyl sites for hydroxylation is 1. The van der Waals surface area contributed by atoms with Crippen LogP contribution in [0.15, 0.2) is 36.7 Å². The maximum atomic E-state index is 4.07. The molecule has 0 bridgehead atoms. The quantitative estimate of drug-likeness (QED) is 0.206. The molecule has 1 aromatic heterocycles. The van der Waals surface area contributed by atoms with Gasteiger partial charge in [0.05, 0.1) is 0 Å². The summed E-state index contributed by atoms with van der Waals surface area (Å²) in [5.74, 6) is 0. The maximum absolute atomic E-state index is 4.07. The first-order valence-corrected chi connectivity index (χ1v) is 11.0. The van der Waals surface area contributed by atoms with E-state index in [0.717, 1.165) is 0 Å². The molecule has 1 heteroatoms. The number of hydrogen-bond acceptors (Lipinski definition) is 1. The van der Waals surface area contributed by atoms with Crippen LogP contribution in [-0.4, -0.2) is 4.98 Å². The average molecular weight is 344 g/mol. The number of aromatic nitrogens is 1. The molecule has 0 aliphatic rings. The van der Waals surface area contributed by atoms with E-state index in [-0.39, 0.29) is 0 Å². The van der Waals surface area contributed by atoms with Gasteiger partial charge in [0.15, 0.2) is 0 Å². The Morgan fingerprint density at radius 2 is 1.12 bits per heavy atom. The molecule has 0 amide bonds. The minimum Gasteiger partial charge on any atom is -0.265 e. The summed E-state index contributed by atoms with van der Waals surface area (Å²) in [7, 11) is 0. The molecule has 0 saturated heterocycles. The van der Waals surface area contributed by atoms with Crippen molar-refractivity contribution in [3.63, 3.8) is 0 Å². The normalized spacial score (nSPS) is 11.4. The fraction of sp³-hybridized carbons (Fsp3) is 0.708. The van der Waals surface area contributed by atoms with Crippen LogP contribution in [-0.2, 0) is 6.42 Å². The Kier molecular flexibility index (Phi) is 15.5. The van der Waals surface area contributed by atoms with Crippen LogP contribution in [0.1, 0.15) is 109 Å². The van der Waals surface area contributed by atoms with Crippen molar-refractivity contribution in [2.75, 3.05) is 0 Å². The standard InChI is InChI=1S/C24H41N/c1-2-3-4-5-6-7-8-9-10-11-12-13-14-15-16-17-18-19-24-20-22-25-23-21-24/h9-10,20-23H,2-8,11-19H2,1H3/b10-9+. The fourth-order valence-corrected chi connectivity index (χ4v) is 3.30. The van der Waals surface area contributed by atoms with E-state index in [1.807, 2.05) is 12.4 Å². The molecule has 0 radical (unpaired) electrons. The van der Waals surface area contributed by atoms with Gasteiger partial charge in [-0.25, -0.2) is 0 Å². The summed E-state index contributed by atoms with van der Waals surface area (Å²) in [6.45, 7) is 2.28. The van der Waals surface area contributed by atoms with Crippen LogP contribution in [0.3, 0.4) is 0 Å². The van der Waals surface area contributed by atoms with Gasteiger partial charge in [-0.05, 0) is 56.2 Å². The van der Waals surface area contributed by atoms with Gasteiger partial charge in [0.25, 0.3) is 0 Å². The van der Waals surface area contributed by atoms with Crippen molar-refractivity contribution >= 4 is 0 Å². The van der Waals surface area contributed by atoms with Crippen molar-refractivity contribution < 1.29 is 0 Å². The van der Waals surface area contributed by atoms with Gasteiger partial charge >= 0.3 is 0 Å². The van der Waals surface area contributed by atoms with Gasteiger partial charge < -0.3 is 0 Å². The molecular formula is C24H41N. The Balaban J connectivity index is 1.75. The van der Waals surface area contributed by atoms with E-state index in [1.54, 1.807) is 0 Å². The number of unbranched alkanes of at least 4 members (excludes halogenated alkanes) is 13. The van der Waals surface area contributed by atoms with Crippen LogP contribution >= 0.6 is 0 Å². The van der Waals surface area contributed by atoms with Crippen molar-refractivity contribution in [1.82, 2.24) is 4.98 Å². The van der Waals surface area contributed by atoms with Gasteiger partial charge in [0.2, 0.25) is 0 Å². The van der Waals surface area contributed by atoms with Crippen LogP contribution in [0.4, 0.5) is 0 Å². The second kappa shape index (κ2) is 17.7. The lowest BCUT2D eigenvalue weighted by Crippen LogP contribution is -1.86. The minimum atomic E-state index is 1.21. The topological polar surface area (TPSA) is 12.9 Å². The summed E-state index contributed by atoms with van der Waals surface area (Å²) < 4.78 is 0. The Bertz CT molecular complexity index is 396. The number of pyridine rings is 1. The zero-order valence-electron chi connectivity index (χ0n) is 16.7. The van der Waals surface area contributed by atoms with Crippen molar-refractivity contribution in [1.29, 1.82) is 0 Å². The first-order valence-electron chi connectivity index (χ1n) is 11.0. The molecule has 0 aliphatic heterocycles. The number of allylic oxidation sites excluding steroid dienone is 2. The molecule has 0 spiro atoms. The molecule has 0 aromatic carbocycles. The number of nitrogens with zero attached hydrogens (tertiary/aromatic N) is 1. The van der Waals surface area contributed by atoms with Gasteiger partial charge in [0, 0.05) is 12.4 Å². The van der Waals surface area contributed by atoms with Crippen LogP contribution < -0.4 is 0 Å². The summed E-state index contributed by atoms with van der Waals surface area (Å²) >= 11 is 0. The molecule has 1 heterocycles. The van der Waals surface area contributed by atoms with Crippen LogP contribution in [0.2, 0.25) is 0 Å².